The first-order chi connectivity index (χ1) is 21.4. The van der Waals surface area contributed by atoms with Crippen molar-refractivity contribution in [3.8, 4) is 11.5 Å². The number of nitrogens with zero attached hydrogens (tertiary/aromatic N) is 2. The zero-order chi connectivity index (χ0) is 32.0. The van der Waals surface area contributed by atoms with Crippen LogP contribution in [0.5, 0.6) is 11.5 Å². The number of anilines is 1. The minimum absolute atomic E-state index is 0.0963. The molecule has 4 fully saturated rings. The Balaban J connectivity index is 1.40. The third-order valence-corrected chi connectivity index (χ3v) is 12.5. The number of fused-ring (bicyclic) bond motifs is 4. The molecule has 0 bridgehead atoms. The van der Waals surface area contributed by atoms with Crippen LogP contribution in [0.2, 0.25) is 0 Å². The zero-order valence-electron chi connectivity index (χ0n) is 24.3. The smallest absolute Gasteiger partial charge is 0.258 e. The molecular formula is C33H30BrCl2FN2O6. The summed E-state index contributed by atoms with van der Waals surface area (Å²) in [6.07, 6.45) is 6.46. The highest BCUT2D eigenvalue weighted by molar-refractivity contribution is 9.10. The van der Waals surface area contributed by atoms with Gasteiger partial charge >= 0.3 is 0 Å². The average molecular weight is 720 g/mol. The number of phenols is 1. The lowest BCUT2D eigenvalue weighted by Gasteiger charge is -2.50. The summed E-state index contributed by atoms with van der Waals surface area (Å²) in [5.74, 6) is -5.78. The van der Waals surface area contributed by atoms with E-state index in [-0.39, 0.29) is 52.4 Å². The van der Waals surface area contributed by atoms with Crippen LogP contribution < -0.4 is 9.64 Å². The summed E-state index contributed by atoms with van der Waals surface area (Å²) >= 11 is 18.2. The van der Waals surface area contributed by atoms with Crippen molar-refractivity contribution in [3.05, 3.63) is 63.9 Å². The molecule has 4 amide bonds. The van der Waals surface area contributed by atoms with Crippen LogP contribution in [0, 0.1) is 23.6 Å². The number of hydrogen-bond donors (Lipinski definition) is 1. The van der Waals surface area contributed by atoms with Gasteiger partial charge in [-0.15, -0.1) is 23.2 Å². The Hall–Kier alpha value is -2.95. The number of alkyl halides is 2. The van der Waals surface area contributed by atoms with Gasteiger partial charge in [-0.2, -0.15) is 0 Å². The van der Waals surface area contributed by atoms with Crippen molar-refractivity contribution in [2.24, 2.45) is 17.8 Å². The highest BCUT2D eigenvalue weighted by atomic mass is 79.9. The number of rotatable bonds is 4. The molecule has 0 spiro atoms. The van der Waals surface area contributed by atoms with Crippen molar-refractivity contribution in [2.75, 3.05) is 12.0 Å². The van der Waals surface area contributed by atoms with E-state index in [1.165, 1.54) is 30.2 Å². The van der Waals surface area contributed by atoms with Gasteiger partial charge in [0.05, 0.1) is 29.1 Å². The normalized spacial score (nSPS) is 33.2. The van der Waals surface area contributed by atoms with Crippen molar-refractivity contribution in [1.82, 2.24) is 4.90 Å². The SMILES string of the molecule is COc1cc(C2C3=CCC4C(=O)N(C5CCCCC5)C(=O)C4C3CC3(Cl)C(=O)N(c4ccc(F)cc4)C(=O)C23Cl)cc(Br)c1O. The summed E-state index contributed by atoms with van der Waals surface area (Å²) in [5, 5.41) is 10.6. The van der Waals surface area contributed by atoms with Gasteiger partial charge in [-0.25, -0.2) is 9.29 Å². The van der Waals surface area contributed by atoms with Crippen molar-refractivity contribution in [3.63, 3.8) is 0 Å². The predicted molar refractivity (Wildman–Crippen MR) is 168 cm³/mol. The molecule has 2 saturated carbocycles. The third kappa shape index (κ3) is 4.20. The quantitative estimate of drug-likeness (QED) is 0.230. The molecule has 1 N–H and O–H groups in total. The largest absolute Gasteiger partial charge is 0.503 e. The molecule has 12 heteroatoms. The Labute approximate surface area is 277 Å². The Bertz CT molecular complexity index is 1680. The molecule has 2 heterocycles. The number of ether oxygens (including phenoxy) is 1. The Morgan fingerprint density at radius 3 is 2.33 bits per heavy atom. The number of hydrogen-bond acceptors (Lipinski definition) is 6. The summed E-state index contributed by atoms with van der Waals surface area (Å²) in [5.41, 5.74) is 1.17. The molecule has 0 radical (unpaired) electrons. The first kappa shape index (κ1) is 30.7. The van der Waals surface area contributed by atoms with Gasteiger partial charge in [-0.05, 0) is 89.5 Å². The zero-order valence-corrected chi connectivity index (χ0v) is 27.4. The van der Waals surface area contributed by atoms with Crippen LogP contribution >= 0.6 is 39.1 Å². The number of amides is 4. The minimum atomic E-state index is -2.08. The first-order valence-electron chi connectivity index (χ1n) is 15.1. The van der Waals surface area contributed by atoms with E-state index >= 15 is 0 Å². The molecule has 2 aromatic rings. The second-order valence-electron chi connectivity index (χ2n) is 12.6. The van der Waals surface area contributed by atoms with Crippen molar-refractivity contribution in [2.45, 2.75) is 66.7 Å². The lowest BCUT2D eigenvalue weighted by Crippen LogP contribution is -2.60. The van der Waals surface area contributed by atoms with Gasteiger partial charge in [0.15, 0.2) is 21.2 Å². The lowest BCUT2D eigenvalue weighted by atomic mass is 9.56. The van der Waals surface area contributed by atoms with E-state index in [4.69, 9.17) is 27.9 Å². The maximum atomic E-state index is 14.5. The van der Waals surface area contributed by atoms with Gasteiger partial charge in [0.2, 0.25) is 11.8 Å². The van der Waals surface area contributed by atoms with Crippen LogP contribution in [0.4, 0.5) is 10.1 Å². The molecule has 45 heavy (non-hydrogen) atoms. The summed E-state index contributed by atoms with van der Waals surface area (Å²) in [6.45, 7) is 0. The highest BCUT2D eigenvalue weighted by Crippen LogP contribution is 2.66. The van der Waals surface area contributed by atoms with Gasteiger partial charge in [0.1, 0.15) is 5.82 Å². The number of likely N-dealkylation sites (tertiary alicyclic amines) is 1. The van der Waals surface area contributed by atoms with E-state index in [0.717, 1.165) is 49.1 Å². The minimum Gasteiger partial charge on any atom is -0.503 e. The second kappa shape index (κ2) is 10.8. The van der Waals surface area contributed by atoms with Crippen LogP contribution in [0.25, 0.3) is 0 Å². The predicted octanol–water partition coefficient (Wildman–Crippen LogP) is 6.20. The fraction of sp³-hybridized carbons (Fsp3) is 0.455. The van der Waals surface area contributed by atoms with Gasteiger partial charge in [0, 0.05) is 12.0 Å². The third-order valence-electron chi connectivity index (χ3n) is 10.5. The molecule has 5 aliphatic rings. The fourth-order valence-electron chi connectivity index (χ4n) is 8.41. The summed E-state index contributed by atoms with van der Waals surface area (Å²) in [7, 11) is 1.38. The molecular weight excluding hydrogens is 690 g/mol. The topological polar surface area (TPSA) is 104 Å². The molecule has 2 saturated heterocycles. The Morgan fingerprint density at radius 2 is 1.67 bits per heavy atom. The first-order valence-corrected chi connectivity index (χ1v) is 16.6. The van der Waals surface area contributed by atoms with E-state index in [0.29, 0.717) is 11.1 Å². The van der Waals surface area contributed by atoms with Gasteiger partial charge < -0.3 is 9.84 Å². The molecule has 2 aromatic carbocycles. The number of allylic oxidation sites excluding steroid dienone is 2. The van der Waals surface area contributed by atoms with Crippen LogP contribution in [0.1, 0.15) is 56.4 Å². The van der Waals surface area contributed by atoms with E-state index < -0.39 is 51.1 Å². The maximum Gasteiger partial charge on any atom is 0.258 e. The summed E-state index contributed by atoms with van der Waals surface area (Å²) in [4.78, 5) is 55.1. The number of aromatic hydroxyl groups is 1. The number of methoxy groups -OCH3 is 1. The van der Waals surface area contributed by atoms with E-state index in [1.807, 2.05) is 6.08 Å². The molecule has 6 unspecified atom stereocenters. The molecule has 2 aliphatic heterocycles. The monoisotopic (exact) mass is 718 g/mol. The standard InChI is InChI=1S/C33H30BrCl2FN2O6/c1-45-24-14-16(13-23(34)27(24)40)26-20-11-12-21-25(29(42)38(28(21)41)18-5-3-2-4-6-18)22(20)15-32(35)30(43)39(31(44)33(26,32)36)19-9-7-17(37)8-10-19/h7-11,13-14,18,21-22,25-26,40H,2-6,12,15H2,1H3. The molecule has 3 aliphatic carbocycles. The molecule has 7 rings (SSSR count). The van der Waals surface area contributed by atoms with Crippen LogP contribution in [0.15, 0.2) is 52.5 Å². The number of benzene rings is 2. The number of halogens is 4. The Morgan fingerprint density at radius 1 is 0.978 bits per heavy atom. The maximum absolute atomic E-state index is 14.5. The lowest BCUT2D eigenvalue weighted by molar-refractivity contribution is -0.143. The number of carbonyl (C=O) groups excluding carboxylic acids is 4. The van der Waals surface area contributed by atoms with E-state index in [1.54, 1.807) is 6.07 Å². The van der Waals surface area contributed by atoms with Crippen molar-refractivity contribution in [1.29, 1.82) is 0 Å². The highest BCUT2D eigenvalue weighted by Gasteiger charge is 2.76. The van der Waals surface area contributed by atoms with Crippen LogP contribution in [0.3, 0.4) is 0 Å². The Kier molecular flexibility index (Phi) is 7.37. The van der Waals surface area contributed by atoms with Gasteiger partial charge in [-0.3, -0.25) is 24.1 Å². The van der Waals surface area contributed by atoms with Crippen LogP contribution in [-0.2, 0) is 19.2 Å². The second-order valence-corrected chi connectivity index (χ2v) is 14.7. The molecule has 8 nitrogen and oxygen atoms in total. The fourth-order valence-corrected chi connectivity index (χ4v) is 9.81. The molecule has 6 atom stereocenters. The van der Waals surface area contributed by atoms with Crippen molar-refractivity contribution >= 4 is 68.4 Å². The van der Waals surface area contributed by atoms with Gasteiger partial charge in [0.25, 0.3) is 11.8 Å². The number of imide groups is 2. The average Bonchev–Trinajstić information content (AvgIpc) is 3.37. The summed E-state index contributed by atoms with van der Waals surface area (Å²) < 4.78 is 19.5. The van der Waals surface area contributed by atoms with E-state index in [2.05, 4.69) is 15.9 Å². The molecule has 236 valence electrons. The summed E-state index contributed by atoms with van der Waals surface area (Å²) in [6, 6.07) is 7.85. The van der Waals surface area contributed by atoms with E-state index in [9.17, 15) is 28.7 Å². The van der Waals surface area contributed by atoms with Crippen LogP contribution in [-0.4, -0.2) is 56.5 Å². The van der Waals surface area contributed by atoms with Gasteiger partial charge in [-0.1, -0.05) is 30.9 Å². The number of phenolic OH excluding ortho intramolecular Hbond substituents is 1. The van der Waals surface area contributed by atoms with Crippen molar-refractivity contribution < 1.29 is 33.4 Å². The number of carbonyl (C=O) groups is 4. The molecule has 0 aromatic heterocycles.